The second-order valence-corrected chi connectivity index (χ2v) is 7.12. The molecule has 0 aliphatic rings. The Labute approximate surface area is 165 Å². The third kappa shape index (κ3) is 4.51. The van der Waals surface area contributed by atoms with Gasteiger partial charge in [-0.25, -0.2) is 9.97 Å². The Morgan fingerprint density at radius 1 is 1.22 bits per heavy atom. The average molecular weight is 430 g/mol. The van der Waals surface area contributed by atoms with Gasteiger partial charge in [0.15, 0.2) is 0 Å². The predicted octanol–water partition coefficient (Wildman–Crippen LogP) is 3.26. The standard InChI is InChI=1S/C19H20BrN5O2/c1-12-5-4-10-25-17(13(2)23-18(12)25)19(27)21-9-3-6-16(26)24-15-8-7-14(20)11-22-15/h4-5,7-8,10-11H,3,6,9H2,1-2H3,(H,21,27)(H,22,24,26). The van der Waals surface area contributed by atoms with Crippen molar-refractivity contribution >= 4 is 39.2 Å². The smallest absolute Gasteiger partial charge is 0.270 e. The van der Waals surface area contributed by atoms with Crippen molar-refractivity contribution in [1.29, 1.82) is 0 Å². The van der Waals surface area contributed by atoms with Gasteiger partial charge in [-0.2, -0.15) is 0 Å². The van der Waals surface area contributed by atoms with Crippen LogP contribution in [0.3, 0.4) is 0 Å². The summed E-state index contributed by atoms with van der Waals surface area (Å²) in [5, 5.41) is 5.59. The van der Waals surface area contributed by atoms with Crippen LogP contribution in [0.15, 0.2) is 41.1 Å². The van der Waals surface area contributed by atoms with Crippen molar-refractivity contribution < 1.29 is 9.59 Å². The van der Waals surface area contributed by atoms with E-state index in [0.29, 0.717) is 36.6 Å². The Kier molecular flexibility index (Phi) is 5.85. The lowest BCUT2D eigenvalue weighted by Crippen LogP contribution is -2.27. The summed E-state index contributed by atoms with van der Waals surface area (Å²) in [6.45, 7) is 4.18. The van der Waals surface area contributed by atoms with Gasteiger partial charge in [0.25, 0.3) is 5.91 Å². The van der Waals surface area contributed by atoms with E-state index in [9.17, 15) is 9.59 Å². The number of hydrogen-bond donors (Lipinski definition) is 2. The molecule has 0 aliphatic heterocycles. The number of carbonyl (C=O) groups excluding carboxylic acids is 2. The molecule has 3 aromatic heterocycles. The lowest BCUT2D eigenvalue weighted by atomic mass is 10.2. The van der Waals surface area contributed by atoms with Crippen LogP contribution in [0, 0.1) is 13.8 Å². The number of amides is 2. The number of aryl methyl sites for hydroxylation is 2. The molecule has 2 amide bonds. The number of halogens is 1. The van der Waals surface area contributed by atoms with Crippen LogP contribution in [0.5, 0.6) is 0 Å². The minimum absolute atomic E-state index is 0.138. The lowest BCUT2D eigenvalue weighted by Gasteiger charge is -2.07. The normalized spacial score (nSPS) is 10.8. The molecule has 0 bridgehead atoms. The average Bonchev–Trinajstić information content (AvgIpc) is 2.98. The fourth-order valence-corrected chi connectivity index (χ4v) is 3.02. The Bertz CT molecular complexity index is 982. The zero-order valence-electron chi connectivity index (χ0n) is 15.1. The van der Waals surface area contributed by atoms with Gasteiger partial charge in [0.1, 0.15) is 17.2 Å². The van der Waals surface area contributed by atoms with Crippen LogP contribution >= 0.6 is 15.9 Å². The van der Waals surface area contributed by atoms with Crippen LogP contribution in [-0.2, 0) is 4.79 Å². The van der Waals surface area contributed by atoms with E-state index in [1.54, 1.807) is 16.7 Å². The molecule has 0 radical (unpaired) electrons. The van der Waals surface area contributed by atoms with Gasteiger partial charge in [0.05, 0.1) is 5.69 Å². The molecule has 0 aromatic carbocycles. The van der Waals surface area contributed by atoms with Crippen molar-refractivity contribution in [2.45, 2.75) is 26.7 Å². The molecule has 7 nitrogen and oxygen atoms in total. The molecule has 140 valence electrons. The zero-order chi connectivity index (χ0) is 19.4. The van der Waals surface area contributed by atoms with E-state index in [1.807, 2.05) is 38.2 Å². The van der Waals surface area contributed by atoms with Crippen molar-refractivity contribution in [2.24, 2.45) is 0 Å². The van der Waals surface area contributed by atoms with Crippen LogP contribution in [-0.4, -0.2) is 32.7 Å². The Morgan fingerprint density at radius 3 is 2.78 bits per heavy atom. The zero-order valence-corrected chi connectivity index (χ0v) is 16.7. The van der Waals surface area contributed by atoms with Gasteiger partial charge in [-0.05, 0) is 60.0 Å². The van der Waals surface area contributed by atoms with Crippen molar-refractivity contribution in [3.05, 3.63) is 58.1 Å². The minimum atomic E-state index is -0.194. The second kappa shape index (κ2) is 8.30. The van der Waals surface area contributed by atoms with E-state index >= 15 is 0 Å². The Hall–Kier alpha value is -2.74. The quantitative estimate of drug-likeness (QED) is 0.588. The van der Waals surface area contributed by atoms with E-state index in [2.05, 4.69) is 36.5 Å². The van der Waals surface area contributed by atoms with E-state index in [4.69, 9.17) is 0 Å². The highest BCUT2D eigenvalue weighted by atomic mass is 79.9. The van der Waals surface area contributed by atoms with Gasteiger partial charge < -0.3 is 10.6 Å². The van der Waals surface area contributed by atoms with Crippen molar-refractivity contribution in [3.8, 4) is 0 Å². The molecule has 0 unspecified atom stereocenters. The number of pyridine rings is 2. The first kappa shape index (κ1) is 19.0. The summed E-state index contributed by atoms with van der Waals surface area (Å²) < 4.78 is 2.65. The van der Waals surface area contributed by atoms with E-state index in [1.165, 1.54) is 0 Å². The molecule has 3 rings (SSSR count). The Morgan fingerprint density at radius 2 is 2.04 bits per heavy atom. The van der Waals surface area contributed by atoms with Gasteiger partial charge in [-0.15, -0.1) is 0 Å². The van der Waals surface area contributed by atoms with Gasteiger partial charge >= 0.3 is 0 Å². The van der Waals surface area contributed by atoms with Gasteiger partial charge in [-0.3, -0.25) is 14.0 Å². The molecule has 8 heteroatoms. The molecule has 27 heavy (non-hydrogen) atoms. The van der Waals surface area contributed by atoms with Gasteiger partial charge in [-0.1, -0.05) is 6.07 Å². The molecule has 0 saturated heterocycles. The molecule has 0 aliphatic carbocycles. The molecule has 0 atom stereocenters. The third-order valence-electron chi connectivity index (χ3n) is 4.10. The lowest BCUT2D eigenvalue weighted by molar-refractivity contribution is -0.116. The number of nitrogens with zero attached hydrogens (tertiary/aromatic N) is 3. The number of rotatable bonds is 6. The highest BCUT2D eigenvalue weighted by Gasteiger charge is 2.17. The Balaban J connectivity index is 1.51. The summed E-state index contributed by atoms with van der Waals surface area (Å²) in [6.07, 6.45) is 4.28. The van der Waals surface area contributed by atoms with E-state index in [0.717, 1.165) is 15.7 Å². The first-order valence-corrected chi connectivity index (χ1v) is 9.39. The number of nitrogens with one attached hydrogen (secondary N) is 2. The maximum Gasteiger partial charge on any atom is 0.270 e. The van der Waals surface area contributed by atoms with Crippen molar-refractivity contribution in [1.82, 2.24) is 19.7 Å². The SMILES string of the molecule is Cc1nc2c(C)cccn2c1C(=O)NCCCC(=O)Nc1ccc(Br)cn1. The number of imidazole rings is 1. The fourth-order valence-electron chi connectivity index (χ4n) is 2.78. The maximum absolute atomic E-state index is 12.5. The summed E-state index contributed by atoms with van der Waals surface area (Å²) in [7, 11) is 0. The summed E-state index contributed by atoms with van der Waals surface area (Å²) in [5.74, 6) is 0.172. The van der Waals surface area contributed by atoms with E-state index in [-0.39, 0.29) is 11.8 Å². The first-order chi connectivity index (χ1) is 13.0. The number of carbonyl (C=O) groups is 2. The molecular formula is C19H20BrN5O2. The van der Waals surface area contributed by atoms with Crippen LogP contribution < -0.4 is 10.6 Å². The van der Waals surface area contributed by atoms with Crippen LogP contribution in [0.4, 0.5) is 5.82 Å². The highest BCUT2D eigenvalue weighted by Crippen LogP contribution is 2.15. The molecular weight excluding hydrogens is 410 g/mol. The largest absolute Gasteiger partial charge is 0.351 e. The first-order valence-electron chi connectivity index (χ1n) is 8.59. The van der Waals surface area contributed by atoms with Crippen molar-refractivity contribution in [3.63, 3.8) is 0 Å². The highest BCUT2D eigenvalue weighted by molar-refractivity contribution is 9.10. The minimum Gasteiger partial charge on any atom is -0.351 e. The monoisotopic (exact) mass is 429 g/mol. The number of fused-ring (bicyclic) bond motifs is 1. The summed E-state index contributed by atoms with van der Waals surface area (Å²) in [6, 6.07) is 7.38. The van der Waals surface area contributed by atoms with Crippen LogP contribution in [0.2, 0.25) is 0 Å². The number of hydrogen-bond acceptors (Lipinski definition) is 4. The maximum atomic E-state index is 12.5. The summed E-state index contributed by atoms with van der Waals surface area (Å²) in [5.41, 5.74) is 3.00. The second-order valence-electron chi connectivity index (χ2n) is 6.20. The predicted molar refractivity (Wildman–Crippen MR) is 107 cm³/mol. The molecule has 0 fully saturated rings. The molecule has 2 N–H and O–H groups in total. The number of anilines is 1. The molecule has 3 heterocycles. The molecule has 3 aromatic rings. The molecule has 0 saturated carbocycles. The van der Waals surface area contributed by atoms with Crippen LogP contribution in [0.1, 0.15) is 34.6 Å². The molecule has 0 spiro atoms. The fraction of sp³-hybridized carbons (Fsp3) is 0.263. The van der Waals surface area contributed by atoms with Gasteiger partial charge in [0.2, 0.25) is 5.91 Å². The summed E-state index contributed by atoms with van der Waals surface area (Å²) in [4.78, 5) is 33.0. The van der Waals surface area contributed by atoms with Gasteiger partial charge in [0, 0.05) is 29.8 Å². The topological polar surface area (TPSA) is 88.4 Å². The summed E-state index contributed by atoms with van der Waals surface area (Å²) >= 11 is 3.30. The number of aromatic nitrogens is 3. The van der Waals surface area contributed by atoms with Crippen LogP contribution in [0.25, 0.3) is 5.65 Å². The van der Waals surface area contributed by atoms with Crippen molar-refractivity contribution in [2.75, 3.05) is 11.9 Å². The third-order valence-corrected chi connectivity index (χ3v) is 4.56. The van der Waals surface area contributed by atoms with E-state index < -0.39 is 0 Å².